The zero-order valence-electron chi connectivity index (χ0n) is 21.3. The summed E-state index contributed by atoms with van der Waals surface area (Å²) in [5, 5.41) is 0.258. The van der Waals surface area contributed by atoms with Crippen LogP contribution in [-0.4, -0.2) is 32.4 Å². The fraction of sp³-hybridized carbons (Fsp3) is 0.276. The normalized spacial score (nSPS) is 12.0. The maximum atomic E-state index is 13.5. The van der Waals surface area contributed by atoms with Crippen LogP contribution in [0.1, 0.15) is 54.6 Å². The Labute approximate surface area is 214 Å². The minimum absolute atomic E-state index is 0.0545. The molecule has 0 spiro atoms. The third-order valence-corrected chi connectivity index (χ3v) is 6.02. The first-order valence-corrected chi connectivity index (χ1v) is 12.5. The Kier molecular flexibility index (Phi) is 8.08. The number of carbonyl (C=O) groups is 2. The summed E-state index contributed by atoms with van der Waals surface area (Å²) in [6, 6.07) is 14.5. The highest BCUT2D eigenvalue weighted by Gasteiger charge is 2.20. The van der Waals surface area contributed by atoms with Crippen LogP contribution in [0.2, 0.25) is 0 Å². The van der Waals surface area contributed by atoms with Gasteiger partial charge in [-0.15, -0.1) is 0 Å². The molecule has 37 heavy (non-hydrogen) atoms. The van der Waals surface area contributed by atoms with Crippen molar-refractivity contribution in [1.29, 1.82) is 0 Å². The average Bonchev–Trinajstić information content (AvgIpc) is 2.90. The summed E-state index contributed by atoms with van der Waals surface area (Å²) in [5.41, 5.74) is 2.45. The molecule has 8 nitrogen and oxygen atoms in total. The lowest BCUT2D eigenvalue weighted by molar-refractivity contribution is -0.113. The van der Waals surface area contributed by atoms with E-state index in [9.17, 15) is 14.4 Å². The monoisotopic (exact) mass is 498 g/mol. The van der Waals surface area contributed by atoms with Gasteiger partial charge in [0.1, 0.15) is 16.9 Å². The van der Waals surface area contributed by atoms with Gasteiger partial charge in [0.25, 0.3) is 11.5 Å². The molecule has 0 radical (unpaired) electrons. The van der Waals surface area contributed by atoms with Gasteiger partial charge in [0.2, 0.25) is 0 Å². The summed E-state index contributed by atoms with van der Waals surface area (Å²) >= 11 is 0. The van der Waals surface area contributed by atoms with Gasteiger partial charge in [0, 0.05) is 18.8 Å². The predicted molar refractivity (Wildman–Crippen MR) is 143 cm³/mol. The lowest BCUT2D eigenvalue weighted by Gasteiger charge is -2.15. The number of hydrogen-bond donors (Lipinski definition) is 0. The molecular formula is C29H30N4O4. The zero-order valence-corrected chi connectivity index (χ0v) is 21.3. The second kappa shape index (κ2) is 11.6. The molecule has 0 aliphatic heterocycles. The van der Waals surface area contributed by atoms with Crippen molar-refractivity contribution in [1.82, 2.24) is 14.0 Å². The number of esters is 1. The standard InChI is InChI=1S/C29H30N4O4/c1-4-6-10-17-32-26-22(28(35)33-18-11-12-20(3)25(33)31-26)19-23(29(36)37-5-2)27(32)30-24(34)16-15-21-13-8-7-9-14-21/h7-9,11-16,18-19H,4-6,10,17H2,1-3H3. The molecule has 4 aromatic rings. The fourth-order valence-electron chi connectivity index (χ4n) is 4.17. The molecule has 0 bridgehead atoms. The van der Waals surface area contributed by atoms with Crippen LogP contribution in [0.4, 0.5) is 0 Å². The summed E-state index contributed by atoms with van der Waals surface area (Å²) in [6.45, 7) is 6.24. The van der Waals surface area contributed by atoms with E-state index in [-0.39, 0.29) is 28.6 Å². The predicted octanol–water partition coefficient (Wildman–Crippen LogP) is 4.47. The van der Waals surface area contributed by atoms with Gasteiger partial charge in [-0.2, -0.15) is 4.99 Å². The molecule has 4 rings (SSSR count). The maximum absolute atomic E-state index is 13.5. The quantitative estimate of drug-likeness (QED) is 0.155. The van der Waals surface area contributed by atoms with E-state index in [0.29, 0.717) is 17.8 Å². The van der Waals surface area contributed by atoms with E-state index >= 15 is 0 Å². The highest BCUT2D eigenvalue weighted by Crippen LogP contribution is 2.14. The lowest BCUT2D eigenvalue weighted by atomic mass is 10.2. The molecule has 0 aliphatic carbocycles. The van der Waals surface area contributed by atoms with Gasteiger partial charge in [0.15, 0.2) is 5.49 Å². The van der Waals surface area contributed by atoms with E-state index in [2.05, 4.69) is 11.9 Å². The Hall–Kier alpha value is -4.33. The largest absolute Gasteiger partial charge is 0.462 e. The number of ether oxygens (including phenoxy) is 1. The second-order valence-electron chi connectivity index (χ2n) is 8.69. The molecule has 0 N–H and O–H groups in total. The van der Waals surface area contributed by atoms with Crippen LogP contribution in [0.5, 0.6) is 0 Å². The number of rotatable bonds is 8. The number of nitrogens with zero attached hydrogens (tertiary/aromatic N) is 4. The van der Waals surface area contributed by atoms with E-state index in [0.717, 1.165) is 30.4 Å². The number of fused-ring (bicyclic) bond motifs is 2. The van der Waals surface area contributed by atoms with Crippen LogP contribution < -0.4 is 11.0 Å². The van der Waals surface area contributed by atoms with E-state index < -0.39 is 11.9 Å². The molecule has 3 aromatic heterocycles. The molecule has 0 fully saturated rings. The Morgan fingerprint density at radius 3 is 2.57 bits per heavy atom. The van der Waals surface area contributed by atoms with Crippen molar-refractivity contribution >= 4 is 34.6 Å². The molecule has 0 aliphatic rings. The fourth-order valence-corrected chi connectivity index (χ4v) is 4.17. The molecule has 1 aromatic carbocycles. The van der Waals surface area contributed by atoms with E-state index in [1.165, 1.54) is 16.5 Å². The van der Waals surface area contributed by atoms with Crippen molar-refractivity contribution in [3.05, 3.63) is 93.3 Å². The number of hydrogen-bond acceptors (Lipinski definition) is 5. The maximum Gasteiger partial charge on any atom is 0.341 e. The number of unbranched alkanes of at least 4 members (excludes halogenated alkanes) is 2. The minimum atomic E-state index is -0.652. The van der Waals surface area contributed by atoms with Crippen LogP contribution in [0.15, 0.2) is 70.6 Å². The molecule has 0 atom stereocenters. The molecular weight excluding hydrogens is 468 g/mol. The number of benzene rings is 1. The summed E-state index contributed by atoms with van der Waals surface area (Å²) in [4.78, 5) is 48.6. The summed E-state index contributed by atoms with van der Waals surface area (Å²) in [5.74, 6) is -1.19. The molecule has 8 heteroatoms. The molecule has 0 saturated carbocycles. The number of aryl methyl sites for hydroxylation is 2. The summed E-state index contributed by atoms with van der Waals surface area (Å²) in [6.07, 6.45) is 7.33. The van der Waals surface area contributed by atoms with Gasteiger partial charge in [0.05, 0.1) is 12.0 Å². The minimum Gasteiger partial charge on any atom is -0.462 e. The van der Waals surface area contributed by atoms with Crippen LogP contribution in [0.3, 0.4) is 0 Å². The lowest BCUT2D eigenvalue weighted by Crippen LogP contribution is -2.32. The molecule has 3 heterocycles. The van der Waals surface area contributed by atoms with Crippen molar-refractivity contribution in [3.8, 4) is 0 Å². The van der Waals surface area contributed by atoms with Crippen molar-refractivity contribution in [2.75, 3.05) is 6.61 Å². The van der Waals surface area contributed by atoms with E-state index in [1.54, 1.807) is 29.8 Å². The van der Waals surface area contributed by atoms with Crippen molar-refractivity contribution in [2.24, 2.45) is 4.99 Å². The summed E-state index contributed by atoms with van der Waals surface area (Å²) < 4.78 is 8.46. The number of pyridine rings is 2. The molecule has 190 valence electrons. The third-order valence-electron chi connectivity index (χ3n) is 6.02. The third kappa shape index (κ3) is 5.58. The highest BCUT2D eigenvalue weighted by atomic mass is 16.5. The van der Waals surface area contributed by atoms with Crippen LogP contribution >= 0.6 is 0 Å². The Morgan fingerprint density at radius 1 is 1.05 bits per heavy atom. The van der Waals surface area contributed by atoms with Gasteiger partial charge in [-0.25, -0.2) is 9.78 Å². The Morgan fingerprint density at radius 2 is 1.84 bits per heavy atom. The van der Waals surface area contributed by atoms with Crippen molar-refractivity contribution in [2.45, 2.75) is 46.6 Å². The molecule has 0 unspecified atom stereocenters. The van der Waals surface area contributed by atoms with Gasteiger partial charge >= 0.3 is 5.97 Å². The van der Waals surface area contributed by atoms with Crippen LogP contribution in [0.25, 0.3) is 22.8 Å². The second-order valence-corrected chi connectivity index (χ2v) is 8.69. The van der Waals surface area contributed by atoms with Gasteiger partial charge in [-0.05, 0) is 49.6 Å². The van der Waals surface area contributed by atoms with Crippen molar-refractivity contribution < 1.29 is 14.3 Å². The first-order valence-electron chi connectivity index (χ1n) is 12.5. The summed E-state index contributed by atoms with van der Waals surface area (Å²) in [7, 11) is 0. The molecule has 0 saturated heterocycles. The van der Waals surface area contributed by atoms with E-state index in [4.69, 9.17) is 9.72 Å². The van der Waals surface area contributed by atoms with Crippen LogP contribution in [-0.2, 0) is 16.1 Å². The first-order chi connectivity index (χ1) is 17.9. The SMILES string of the molecule is CCCCCn1c(=NC(=O)C=Cc2ccccc2)c(C(=O)OCC)cc2c(=O)n3cccc(C)c3nc21. The number of amides is 1. The van der Waals surface area contributed by atoms with E-state index in [1.807, 2.05) is 43.3 Å². The topological polar surface area (TPSA) is 95.0 Å². The van der Waals surface area contributed by atoms with Gasteiger partial charge in [-0.1, -0.05) is 56.2 Å². The van der Waals surface area contributed by atoms with Crippen molar-refractivity contribution in [3.63, 3.8) is 0 Å². The Bertz CT molecular complexity index is 1610. The number of carbonyl (C=O) groups excluding carboxylic acids is 2. The highest BCUT2D eigenvalue weighted by molar-refractivity contribution is 5.96. The number of aromatic nitrogens is 3. The molecule has 1 amide bonds. The van der Waals surface area contributed by atoms with Gasteiger partial charge < -0.3 is 9.30 Å². The van der Waals surface area contributed by atoms with Crippen LogP contribution in [0, 0.1) is 6.92 Å². The zero-order chi connectivity index (χ0) is 26.4. The Balaban J connectivity index is 2.02. The van der Waals surface area contributed by atoms with Gasteiger partial charge in [-0.3, -0.25) is 14.0 Å². The average molecular weight is 499 g/mol. The first kappa shape index (κ1) is 25.8. The smallest absolute Gasteiger partial charge is 0.341 e.